The highest BCUT2D eigenvalue weighted by molar-refractivity contribution is 9.13. The lowest BCUT2D eigenvalue weighted by Crippen LogP contribution is -2.35. The molecule has 0 aliphatic rings. The molecule has 0 atom stereocenters. The molecule has 0 amide bonds. The average Bonchev–Trinajstić information content (AvgIpc) is 2.11. The first kappa shape index (κ1) is 9.96. The van der Waals surface area contributed by atoms with Crippen molar-refractivity contribution in [1.29, 1.82) is 0 Å². The van der Waals surface area contributed by atoms with Crippen LogP contribution >= 0.6 is 43.2 Å². The molecule has 62 valence electrons. The molecule has 0 unspecified atom stereocenters. The van der Waals surface area contributed by atoms with Gasteiger partial charge in [0.15, 0.2) is 0 Å². The van der Waals surface area contributed by atoms with Crippen molar-refractivity contribution in [2.45, 2.75) is 19.6 Å². The topological polar surface area (TPSA) is 0 Å². The molecule has 1 heterocycles. The second-order valence-corrected chi connectivity index (χ2v) is 11.4. The third kappa shape index (κ3) is 2.17. The lowest BCUT2D eigenvalue weighted by atomic mass is 10.7. The van der Waals surface area contributed by atoms with Gasteiger partial charge in [-0.3, -0.25) is 0 Å². The lowest BCUT2D eigenvalue weighted by molar-refractivity contribution is 1.73. The fraction of sp³-hybridized carbons (Fsp3) is 0.429. The Balaban J connectivity index is 3.15. The van der Waals surface area contributed by atoms with Crippen LogP contribution in [0.25, 0.3) is 0 Å². The summed E-state index contributed by atoms with van der Waals surface area (Å²) in [5.74, 6) is 0. The highest BCUT2D eigenvalue weighted by atomic mass is 79.9. The third-order valence-corrected chi connectivity index (χ3v) is 8.88. The summed E-state index contributed by atoms with van der Waals surface area (Å²) in [6, 6.07) is 0. The minimum Gasteiger partial charge on any atom is -0.151 e. The van der Waals surface area contributed by atoms with E-state index in [-0.39, 0.29) is 0 Å². The van der Waals surface area contributed by atoms with Gasteiger partial charge in [-0.1, -0.05) is 19.6 Å². The van der Waals surface area contributed by atoms with Crippen LogP contribution in [0.5, 0.6) is 0 Å². The summed E-state index contributed by atoms with van der Waals surface area (Å²) >= 11 is 8.93. The van der Waals surface area contributed by atoms with E-state index in [0.717, 1.165) is 0 Å². The van der Waals surface area contributed by atoms with Gasteiger partial charge in [-0.15, -0.1) is 0 Å². The van der Waals surface area contributed by atoms with Crippen LogP contribution in [-0.4, -0.2) is 8.07 Å². The molecule has 0 aliphatic heterocycles. The Labute approximate surface area is 89.3 Å². The summed E-state index contributed by atoms with van der Waals surface area (Å²) in [4.78, 5) is 0. The SMILES string of the molecule is C[Si](C)(C)c1scc(Br)c1Br. The molecule has 1 rings (SSSR count). The Bertz CT molecular complexity index is 262. The first-order chi connectivity index (χ1) is 4.93. The van der Waals surface area contributed by atoms with Crippen LogP contribution in [0.1, 0.15) is 0 Å². The molecule has 0 spiro atoms. The minimum atomic E-state index is -1.12. The smallest absolute Gasteiger partial charge is 0.0919 e. The second-order valence-electron chi connectivity index (χ2n) is 3.48. The van der Waals surface area contributed by atoms with Crippen LogP contribution < -0.4 is 4.50 Å². The maximum Gasteiger partial charge on any atom is 0.0919 e. The number of halogens is 2. The zero-order chi connectivity index (χ0) is 8.65. The Morgan fingerprint density at radius 1 is 1.27 bits per heavy atom. The predicted octanol–water partition coefficient (Wildman–Crippen LogP) is 3.82. The van der Waals surface area contributed by atoms with Gasteiger partial charge >= 0.3 is 0 Å². The third-order valence-electron chi connectivity index (χ3n) is 1.37. The molecule has 0 fully saturated rings. The number of hydrogen-bond acceptors (Lipinski definition) is 1. The molecule has 4 heteroatoms. The second kappa shape index (κ2) is 3.32. The Morgan fingerprint density at radius 3 is 2.00 bits per heavy atom. The zero-order valence-corrected chi connectivity index (χ0v) is 11.7. The van der Waals surface area contributed by atoms with E-state index in [9.17, 15) is 0 Å². The lowest BCUT2D eigenvalue weighted by Gasteiger charge is -2.13. The maximum absolute atomic E-state index is 3.58. The molecule has 1 aromatic heterocycles. The summed E-state index contributed by atoms with van der Waals surface area (Å²) in [5, 5.41) is 2.15. The molecule has 0 saturated heterocycles. The first-order valence-electron chi connectivity index (χ1n) is 3.36. The largest absolute Gasteiger partial charge is 0.151 e. The van der Waals surface area contributed by atoms with Crippen molar-refractivity contribution in [3.8, 4) is 0 Å². The summed E-state index contributed by atoms with van der Waals surface area (Å²) < 4.78 is 3.99. The van der Waals surface area contributed by atoms with Gasteiger partial charge in [0, 0.05) is 18.8 Å². The van der Waals surface area contributed by atoms with Crippen molar-refractivity contribution in [3.63, 3.8) is 0 Å². The van der Waals surface area contributed by atoms with E-state index in [4.69, 9.17) is 0 Å². The average molecular weight is 314 g/mol. The van der Waals surface area contributed by atoms with Crippen molar-refractivity contribution in [1.82, 2.24) is 0 Å². The van der Waals surface area contributed by atoms with Crippen LogP contribution in [0.3, 0.4) is 0 Å². The molecule has 0 aliphatic carbocycles. The summed E-state index contributed by atoms with van der Waals surface area (Å²) in [5.41, 5.74) is 0. The van der Waals surface area contributed by atoms with E-state index in [1.807, 2.05) is 11.3 Å². The van der Waals surface area contributed by atoms with Gasteiger partial charge in [-0.2, -0.15) is 11.3 Å². The Hall–Kier alpha value is 0.877. The van der Waals surface area contributed by atoms with Crippen molar-refractivity contribution >= 4 is 55.8 Å². The highest BCUT2D eigenvalue weighted by Gasteiger charge is 2.22. The van der Waals surface area contributed by atoms with Crippen LogP contribution in [0, 0.1) is 0 Å². The number of hydrogen-bond donors (Lipinski definition) is 0. The molecular weight excluding hydrogens is 304 g/mol. The van der Waals surface area contributed by atoms with Crippen LogP contribution in [0.15, 0.2) is 14.3 Å². The zero-order valence-electron chi connectivity index (χ0n) is 6.74. The van der Waals surface area contributed by atoms with Gasteiger partial charge < -0.3 is 0 Å². The minimum absolute atomic E-state index is 1.12. The van der Waals surface area contributed by atoms with Crippen LogP contribution in [-0.2, 0) is 0 Å². The molecule has 0 aromatic carbocycles. The molecule has 11 heavy (non-hydrogen) atoms. The van der Waals surface area contributed by atoms with E-state index in [1.165, 1.54) is 13.4 Å². The molecule has 0 bridgehead atoms. The molecule has 0 nitrogen and oxygen atoms in total. The van der Waals surface area contributed by atoms with Gasteiger partial charge in [0.1, 0.15) is 0 Å². The molecule has 0 N–H and O–H groups in total. The molecule has 1 aromatic rings. The summed E-state index contributed by atoms with van der Waals surface area (Å²) in [6.45, 7) is 7.07. The Kier molecular flexibility index (Phi) is 3.01. The summed E-state index contributed by atoms with van der Waals surface area (Å²) in [6.07, 6.45) is 0. The van der Waals surface area contributed by atoms with Gasteiger partial charge in [0.25, 0.3) is 0 Å². The van der Waals surface area contributed by atoms with Crippen molar-refractivity contribution in [2.24, 2.45) is 0 Å². The molecule has 0 radical (unpaired) electrons. The van der Waals surface area contributed by atoms with E-state index in [0.29, 0.717) is 0 Å². The quantitative estimate of drug-likeness (QED) is 0.691. The van der Waals surface area contributed by atoms with Gasteiger partial charge in [-0.25, -0.2) is 0 Å². The fourth-order valence-corrected chi connectivity index (χ4v) is 6.89. The maximum atomic E-state index is 3.58. The van der Waals surface area contributed by atoms with Crippen molar-refractivity contribution < 1.29 is 0 Å². The van der Waals surface area contributed by atoms with Crippen molar-refractivity contribution in [2.75, 3.05) is 0 Å². The summed E-state index contributed by atoms with van der Waals surface area (Å²) in [7, 11) is -1.12. The van der Waals surface area contributed by atoms with E-state index < -0.39 is 8.07 Å². The van der Waals surface area contributed by atoms with Gasteiger partial charge in [-0.05, 0) is 31.9 Å². The fourth-order valence-electron chi connectivity index (χ4n) is 0.829. The van der Waals surface area contributed by atoms with E-state index in [1.54, 1.807) is 0 Å². The normalized spacial score (nSPS) is 12.1. The van der Waals surface area contributed by atoms with Gasteiger partial charge in [0.2, 0.25) is 0 Å². The predicted molar refractivity (Wildman–Crippen MR) is 62.7 cm³/mol. The Morgan fingerprint density at radius 2 is 1.82 bits per heavy atom. The first-order valence-corrected chi connectivity index (χ1v) is 9.32. The number of thiophene rings is 1. The standard InChI is InChI=1S/C7H10Br2SSi/c1-11(2,3)7-6(9)5(8)4-10-7/h4H,1-3H3. The van der Waals surface area contributed by atoms with E-state index >= 15 is 0 Å². The monoisotopic (exact) mass is 312 g/mol. The van der Waals surface area contributed by atoms with Crippen molar-refractivity contribution in [3.05, 3.63) is 14.3 Å². The molecule has 0 saturated carbocycles. The van der Waals surface area contributed by atoms with Crippen LogP contribution in [0.2, 0.25) is 19.6 Å². The van der Waals surface area contributed by atoms with Crippen LogP contribution in [0.4, 0.5) is 0 Å². The number of rotatable bonds is 1. The molecular formula is C7H10Br2SSi. The van der Waals surface area contributed by atoms with Gasteiger partial charge in [0.05, 0.1) is 8.07 Å². The van der Waals surface area contributed by atoms with E-state index in [2.05, 4.69) is 56.9 Å². The highest BCUT2D eigenvalue weighted by Crippen LogP contribution is 2.27.